The molecule has 0 spiro atoms. The Hall–Kier alpha value is -2.37. The van der Waals surface area contributed by atoms with Crippen LogP contribution in [-0.4, -0.2) is 16.8 Å². The van der Waals surface area contributed by atoms with Gasteiger partial charge in [-0.05, 0) is 25.0 Å². The van der Waals surface area contributed by atoms with E-state index in [0.717, 1.165) is 12.8 Å². The number of primary amides is 1. The Kier molecular flexibility index (Phi) is 2.29. The van der Waals surface area contributed by atoms with Crippen LogP contribution in [0.15, 0.2) is 22.7 Å². The van der Waals surface area contributed by atoms with Gasteiger partial charge in [0.1, 0.15) is 5.69 Å². The molecule has 2 aromatic rings. The molecule has 1 fully saturated rings. The Morgan fingerprint density at radius 2 is 2.22 bits per heavy atom. The fraction of sp³-hybridized carbons (Fsp3) is 0.250. The highest BCUT2D eigenvalue weighted by molar-refractivity contribution is 6.10. The second-order valence-corrected chi connectivity index (χ2v) is 4.29. The van der Waals surface area contributed by atoms with Gasteiger partial charge in [0.15, 0.2) is 0 Å². The molecule has 0 radical (unpaired) electrons. The largest absolute Gasteiger partial charge is 0.430 e. The second kappa shape index (κ2) is 3.83. The molecule has 0 bridgehead atoms. The minimum atomic E-state index is -0.723. The number of carbonyl (C=O) groups is 2. The van der Waals surface area contributed by atoms with Crippen LogP contribution in [0.1, 0.15) is 23.4 Å². The van der Waals surface area contributed by atoms with Crippen molar-refractivity contribution in [3.63, 3.8) is 0 Å². The number of anilines is 1. The Labute approximate surface area is 102 Å². The van der Waals surface area contributed by atoms with Gasteiger partial charge >= 0.3 is 0 Å². The third kappa shape index (κ3) is 1.71. The Morgan fingerprint density at radius 3 is 2.89 bits per heavy atom. The molecule has 2 aromatic heterocycles. The molecule has 2 amide bonds. The van der Waals surface area contributed by atoms with Crippen molar-refractivity contribution in [3.8, 4) is 0 Å². The van der Waals surface area contributed by atoms with Crippen molar-refractivity contribution < 1.29 is 14.0 Å². The van der Waals surface area contributed by atoms with Crippen LogP contribution >= 0.6 is 0 Å². The highest BCUT2D eigenvalue weighted by Gasteiger charge is 2.31. The summed E-state index contributed by atoms with van der Waals surface area (Å²) in [7, 11) is 0. The fourth-order valence-electron chi connectivity index (χ4n) is 1.80. The van der Waals surface area contributed by atoms with Crippen molar-refractivity contribution in [3.05, 3.63) is 24.1 Å². The molecule has 0 aromatic carbocycles. The number of rotatable bonds is 3. The highest BCUT2D eigenvalue weighted by Crippen LogP contribution is 2.34. The van der Waals surface area contributed by atoms with Gasteiger partial charge in [0, 0.05) is 12.1 Å². The van der Waals surface area contributed by atoms with E-state index in [4.69, 9.17) is 10.2 Å². The molecule has 3 rings (SSSR count). The van der Waals surface area contributed by atoms with Crippen LogP contribution in [0.4, 0.5) is 5.69 Å². The summed E-state index contributed by atoms with van der Waals surface area (Å²) in [6.07, 6.45) is 3.31. The van der Waals surface area contributed by atoms with Gasteiger partial charge < -0.3 is 15.5 Å². The SMILES string of the molecule is NC(=O)c1oc2ncccc2c1NC(=O)C1CC1. The first-order chi connectivity index (χ1) is 8.66. The van der Waals surface area contributed by atoms with Gasteiger partial charge in [-0.2, -0.15) is 0 Å². The number of nitrogens with zero attached hydrogens (tertiary/aromatic N) is 1. The van der Waals surface area contributed by atoms with E-state index in [0.29, 0.717) is 11.1 Å². The third-order valence-corrected chi connectivity index (χ3v) is 2.89. The summed E-state index contributed by atoms with van der Waals surface area (Å²) >= 11 is 0. The third-order valence-electron chi connectivity index (χ3n) is 2.89. The first-order valence-electron chi connectivity index (χ1n) is 5.65. The number of nitrogens with one attached hydrogen (secondary N) is 1. The molecule has 0 aliphatic heterocycles. The summed E-state index contributed by atoms with van der Waals surface area (Å²) in [6, 6.07) is 3.43. The van der Waals surface area contributed by atoms with Crippen molar-refractivity contribution in [1.29, 1.82) is 0 Å². The molecule has 92 valence electrons. The Bertz CT molecular complexity index is 643. The lowest BCUT2D eigenvalue weighted by Gasteiger charge is -2.02. The number of furan rings is 1. The van der Waals surface area contributed by atoms with Crippen LogP contribution in [0.2, 0.25) is 0 Å². The smallest absolute Gasteiger partial charge is 0.286 e. The molecule has 0 atom stereocenters. The number of hydrogen-bond donors (Lipinski definition) is 2. The van der Waals surface area contributed by atoms with Crippen LogP contribution in [0.5, 0.6) is 0 Å². The molecule has 1 aliphatic rings. The number of fused-ring (bicyclic) bond motifs is 1. The van der Waals surface area contributed by atoms with E-state index in [1.54, 1.807) is 18.3 Å². The van der Waals surface area contributed by atoms with Crippen molar-refractivity contribution in [2.24, 2.45) is 11.7 Å². The van der Waals surface area contributed by atoms with Gasteiger partial charge in [-0.3, -0.25) is 9.59 Å². The van der Waals surface area contributed by atoms with Gasteiger partial charge in [-0.15, -0.1) is 0 Å². The molecule has 0 unspecified atom stereocenters. The summed E-state index contributed by atoms with van der Waals surface area (Å²) in [5.74, 6) is -0.854. The van der Waals surface area contributed by atoms with Gasteiger partial charge in [0.2, 0.25) is 17.4 Å². The number of hydrogen-bond acceptors (Lipinski definition) is 4. The summed E-state index contributed by atoms with van der Waals surface area (Å²) in [5, 5.41) is 3.29. The quantitative estimate of drug-likeness (QED) is 0.850. The van der Waals surface area contributed by atoms with E-state index < -0.39 is 5.91 Å². The zero-order chi connectivity index (χ0) is 12.7. The highest BCUT2D eigenvalue weighted by atomic mass is 16.4. The molecule has 6 nitrogen and oxygen atoms in total. The van der Waals surface area contributed by atoms with Crippen LogP contribution in [0.25, 0.3) is 11.1 Å². The van der Waals surface area contributed by atoms with Crippen molar-refractivity contribution >= 4 is 28.6 Å². The van der Waals surface area contributed by atoms with Crippen LogP contribution in [0, 0.1) is 5.92 Å². The molecule has 3 N–H and O–H groups in total. The lowest BCUT2D eigenvalue weighted by Crippen LogP contribution is -2.17. The monoisotopic (exact) mass is 245 g/mol. The first kappa shape index (κ1) is 10.8. The van der Waals surface area contributed by atoms with E-state index in [2.05, 4.69) is 10.3 Å². The zero-order valence-electron chi connectivity index (χ0n) is 9.47. The maximum atomic E-state index is 11.8. The van der Waals surface area contributed by atoms with Gasteiger partial charge in [-0.1, -0.05) is 0 Å². The average molecular weight is 245 g/mol. The molecule has 1 saturated carbocycles. The van der Waals surface area contributed by atoms with Crippen molar-refractivity contribution in [2.45, 2.75) is 12.8 Å². The molecule has 1 aliphatic carbocycles. The van der Waals surface area contributed by atoms with Gasteiger partial charge in [0.05, 0.1) is 5.39 Å². The predicted octanol–water partition coefficient (Wildman–Crippen LogP) is 1.28. The van der Waals surface area contributed by atoms with Crippen LogP contribution in [0.3, 0.4) is 0 Å². The maximum Gasteiger partial charge on any atom is 0.286 e. The van der Waals surface area contributed by atoms with E-state index in [1.807, 2.05) is 0 Å². The lowest BCUT2D eigenvalue weighted by atomic mass is 10.2. The van der Waals surface area contributed by atoms with Gasteiger partial charge in [-0.25, -0.2) is 4.98 Å². The number of nitrogens with two attached hydrogens (primary N) is 1. The minimum Gasteiger partial charge on any atom is -0.430 e. The van der Waals surface area contributed by atoms with Gasteiger partial charge in [0.25, 0.3) is 5.91 Å². The van der Waals surface area contributed by atoms with Crippen LogP contribution < -0.4 is 11.1 Å². The molecule has 2 heterocycles. The number of amides is 2. The first-order valence-corrected chi connectivity index (χ1v) is 5.65. The molecular weight excluding hydrogens is 234 g/mol. The molecule has 0 saturated heterocycles. The maximum absolute atomic E-state index is 11.8. The van der Waals surface area contributed by atoms with Crippen LogP contribution in [-0.2, 0) is 4.79 Å². The Balaban J connectivity index is 2.08. The Morgan fingerprint density at radius 1 is 1.44 bits per heavy atom. The number of pyridine rings is 1. The lowest BCUT2D eigenvalue weighted by molar-refractivity contribution is -0.117. The van der Waals surface area contributed by atoms with E-state index >= 15 is 0 Å². The predicted molar refractivity (Wildman–Crippen MR) is 63.9 cm³/mol. The number of aromatic nitrogens is 1. The molecule has 6 heteroatoms. The van der Waals surface area contributed by atoms with Crippen molar-refractivity contribution in [1.82, 2.24) is 4.98 Å². The molecule has 18 heavy (non-hydrogen) atoms. The van der Waals surface area contributed by atoms with E-state index in [1.165, 1.54) is 0 Å². The van der Waals surface area contributed by atoms with Crippen molar-refractivity contribution in [2.75, 3.05) is 5.32 Å². The zero-order valence-corrected chi connectivity index (χ0v) is 9.47. The van der Waals surface area contributed by atoms with E-state index in [-0.39, 0.29) is 23.3 Å². The van der Waals surface area contributed by atoms with E-state index in [9.17, 15) is 9.59 Å². The molecular formula is C12H11N3O3. The summed E-state index contributed by atoms with van der Waals surface area (Å²) in [5.41, 5.74) is 5.85. The standard InChI is InChI=1S/C12H11N3O3/c13-10(16)9-8(15-11(17)6-3-4-6)7-2-1-5-14-12(7)18-9/h1-2,5-6H,3-4H2,(H2,13,16)(H,15,17). The summed E-state index contributed by atoms with van der Waals surface area (Å²) in [6.45, 7) is 0. The topological polar surface area (TPSA) is 98.2 Å². The fourth-order valence-corrected chi connectivity index (χ4v) is 1.80. The number of carbonyl (C=O) groups excluding carboxylic acids is 2. The summed E-state index contributed by atoms with van der Waals surface area (Å²) < 4.78 is 5.26. The minimum absolute atomic E-state index is 0.0346. The second-order valence-electron chi connectivity index (χ2n) is 4.29. The average Bonchev–Trinajstić information content (AvgIpc) is 3.13. The summed E-state index contributed by atoms with van der Waals surface area (Å²) in [4.78, 5) is 27.1. The normalized spacial score (nSPS) is 14.7.